The maximum atomic E-state index is 11.4. The number of carbonyl (C=O) groups excluding carboxylic acids is 2. The van der Waals surface area contributed by atoms with Gasteiger partial charge in [0.15, 0.2) is 12.2 Å². The summed E-state index contributed by atoms with van der Waals surface area (Å²) in [7, 11) is 1.44. The summed E-state index contributed by atoms with van der Waals surface area (Å²) in [5.74, 6) is -0.653. The summed E-state index contributed by atoms with van der Waals surface area (Å²) in [4.78, 5) is 22.8. The van der Waals surface area contributed by atoms with Crippen molar-refractivity contribution in [3.05, 3.63) is 47.7 Å². The molecule has 4 unspecified atom stereocenters. The molecule has 1 saturated heterocycles. The van der Waals surface area contributed by atoms with Gasteiger partial charge in [-0.2, -0.15) is 0 Å². The van der Waals surface area contributed by atoms with Crippen LogP contribution in [0, 0.1) is 0 Å². The molecule has 0 saturated carbocycles. The monoisotopic (exact) mass is 304 g/mol. The van der Waals surface area contributed by atoms with Crippen LogP contribution in [-0.4, -0.2) is 37.4 Å². The molecule has 0 spiro atoms. The van der Waals surface area contributed by atoms with E-state index in [1.807, 2.05) is 30.3 Å². The summed E-state index contributed by atoms with van der Waals surface area (Å²) in [6.07, 6.45) is -0.828. The molecule has 1 aromatic rings. The Bertz CT molecular complexity index is 608. The van der Waals surface area contributed by atoms with Crippen molar-refractivity contribution in [2.45, 2.75) is 31.3 Å². The lowest BCUT2D eigenvalue weighted by atomic mass is 10.0. The number of cyclic esters (lactones) is 1. The lowest BCUT2D eigenvalue weighted by molar-refractivity contribution is -0.161. The zero-order valence-corrected chi connectivity index (χ0v) is 12.2. The quantitative estimate of drug-likeness (QED) is 0.606. The second-order valence-electron chi connectivity index (χ2n) is 5.11. The summed E-state index contributed by atoms with van der Waals surface area (Å²) in [5, 5.41) is 0. The van der Waals surface area contributed by atoms with Crippen molar-refractivity contribution in [1.82, 2.24) is 0 Å². The second-order valence-corrected chi connectivity index (χ2v) is 5.11. The molecule has 1 fully saturated rings. The van der Waals surface area contributed by atoms with Crippen molar-refractivity contribution in [2.75, 3.05) is 7.11 Å². The van der Waals surface area contributed by atoms with Crippen molar-refractivity contribution in [2.24, 2.45) is 0 Å². The van der Waals surface area contributed by atoms with Gasteiger partial charge in [0.1, 0.15) is 18.0 Å². The fourth-order valence-electron chi connectivity index (χ4n) is 2.60. The first kappa shape index (κ1) is 14.6. The highest BCUT2D eigenvalue weighted by Crippen LogP contribution is 2.44. The number of epoxide rings is 1. The van der Waals surface area contributed by atoms with Gasteiger partial charge in [0, 0.05) is 6.92 Å². The third kappa shape index (κ3) is 2.82. The van der Waals surface area contributed by atoms with Crippen molar-refractivity contribution < 1.29 is 28.5 Å². The lowest BCUT2D eigenvalue weighted by Gasteiger charge is -2.22. The van der Waals surface area contributed by atoms with Crippen molar-refractivity contribution >= 4 is 11.9 Å². The van der Waals surface area contributed by atoms with Crippen LogP contribution in [-0.2, 0) is 28.5 Å². The van der Waals surface area contributed by atoms with E-state index in [9.17, 15) is 9.59 Å². The molecule has 0 radical (unpaired) electrons. The van der Waals surface area contributed by atoms with Gasteiger partial charge in [-0.05, 0) is 5.56 Å². The molecule has 3 rings (SSSR count). The number of esters is 2. The van der Waals surface area contributed by atoms with E-state index >= 15 is 0 Å². The van der Waals surface area contributed by atoms with E-state index in [0.29, 0.717) is 5.76 Å². The average Bonchev–Trinajstić information content (AvgIpc) is 3.21. The molecule has 6 nitrogen and oxygen atoms in total. The summed E-state index contributed by atoms with van der Waals surface area (Å²) in [6, 6.07) is 9.59. The summed E-state index contributed by atoms with van der Waals surface area (Å²) in [6.45, 7) is 1.31. The van der Waals surface area contributed by atoms with Gasteiger partial charge in [0.2, 0.25) is 0 Å². The average molecular weight is 304 g/mol. The lowest BCUT2D eigenvalue weighted by Crippen LogP contribution is -2.38. The van der Waals surface area contributed by atoms with E-state index in [-0.39, 0.29) is 12.2 Å². The zero-order chi connectivity index (χ0) is 15.7. The molecule has 0 aromatic heterocycles. The van der Waals surface area contributed by atoms with Gasteiger partial charge in [-0.25, -0.2) is 4.79 Å². The number of methoxy groups -OCH3 is 1. The molecule has 6 heteroatoms. The van der Waals surface area contributed by atoms with E-state index in [1.54, 1.807) is 0 Å². The largest absolute Gasteiger partial charge is 0.497 e. The summed E-state index contributed by atoms with van der Waals surface area (Å²) < 4.78 is 21.3. The van der Waals surface area contributed by atoms with Crippen molar-refractivity contribution in [3.8, 4) is 0 Å². The Morgan fingerprint density at radius 2 is 2.00 bits per heavy atom. The number of benzene rings is 1. The van der Waals surface area contributed by atoms with Crippen LogP contribution < -0.4 is 0 Å². The summed E-state index contributed by atoms with van der Waals surface area (Å²) >= 11 is 0. The number of ether oxygens (including phenoxy) is 4. The molecule has 0 aliphatic carbocycles. The molecule has 116 valence electrons. The topological polar surface area (TPSA) is 74.4 Å². The molecule has 2 aliphatic rings. The number of hydrogen-bond acceptors (Lipinski definition) is 6. The molecule has 22 heavy (non-hydrogen) atoms. The standard InChI is InChI=1S/C16H16O6/c1-9(17)20-16(14-11(19-2)8-12(18)21-14)15-13(22-15)10-6-4-3-5-7-10/h3-8,13-16H,1-2H3. The van der Waals surface area contributed by atoms with Crippen LogP contribution in [0.2, 0.25) is 0 Å². The minimum atomic E-state index is -0.778. The fourth-order valence-corrected chi connectivity index (χ4v) is 2.60. The number of carbonyl (C=O) groups is 2. The molecule has 1 aromatic carbocycles. The van der Waals surface area contributed by atoms with Gasteiger partial charge in [0.05, 0.1) is 13.2 Å². The van der Waals surface area contributed by atoms with Gasteiger partial charge in [-0.15, -0.1) is 0 Å². The third-order valence-electron chi connectivity index (χ3n) is 3.60. The van der Waals surface area contributed by atoms with E-state index in [4.69, 9.17) is 18.9 Å². The minimum absolute atomic E-state index is 0.192. The van der Waals surface area contributed by atoms with Gasteiger partial charge in [-0.1, -0.05) is 30.3 Å². The second kappa shape index (κ2) is 5.81. The van der Waals surface area contributed by atoms with Gasteiger partial charge in [0.25, 0.3) is 0 Å². The highest BCUT2D eigenvalue weighted by molar-refractivity contribution is 5.85. The highest BCUT2D eigenvalue weighted by Gasteiger charge is 2.54. The molecule has 0 N–H and O–H groups in total. The Balaban J connectivity index is 1.79. The Kier molecular flexibility index (Phi) is 3.85. The smallest absolute Gasteiger partial charge is 0.335 e. The van der Waals surface area contributed by atoms with Crippen molar-refractivity contribution in [3.63, 3.8) is 0 Å². The van der Waals surface area contributed by atoms with Crippen LogP contribution in [0.3, 0.4) is 0 Å². The molecule has 0 bridgehead atoms. The SMILES string of the molecule is COC1=CC(=O)OC1C(OC(C)=O)C1OC1c1ccccc1. The molecular weight excluding hydrogens is 288 g/mol. The maximum absolute atomic E-state index is 11.4. The predicted molar refractivity (Wildman–Crippen MR) is 74.6 cm³/mol. The normalized spacial score (nSPS) is 27.6. The first-order valence-electron chi connectivity index (χ1n) is 6.94. The Morgan fingerprint density at radius 3 is 2.64 bits per heavy atom. The zero-order valence-electron chi connectivity index (χ0n) is 12.2. The van der Waals surface area contributed by atoms with Crippen LogP contribution in [0.4, 0.5) is 0 Å². The highest BCUT2D eigenvalue weighted by atomic mass is 16.7. The number of rotatable bonds is 5. The first-order valence-corrected chi connectivity index (χ1v) is 6.94. The Morgan fingerprint density at radius 1 is 1.27 bits per heavy atom. The Labute approximate surface area is 127 Å². The maximum Gasteiger partial charge on any atom is 0.335 e. The molecular formula is C16H16O6. The van der Waals surface area contributed by atoms with E-state index in [2.05, 4.69) is 0 Å². The van der Waals surface area contributed by atoms with Crippen molar-refractivity contribution in [1.29, 1.82) is 0 Å². The third-order valence-corrected chi connectivity index (χ3v) is 3.60. The van der Waals surface area contributed by atoms with Crippen LogP contribution >= 0.6 is 0 Å². The predicted octanol–water partition coefficient (Wildman–Crippen LogP) is 1.51. The fraction of sp³-hybridized carbons (Fsp3) is 0.375. The van der Waals surface area contributed by atoms with Crippen LogP contribution in [0.5, 0.6) is 0 Å². The van der Waals surface area contributed by atoms with Crippen LogP contribution in [0.25, 0.3) is 0 Å². The first-order chi connectivity index (χ1) is 10.6. The van der Waals surface area contributed by atoms with Gasteiger partial charge < -0.3 is 18.9 Å². The molecule has 2 heterocycles. The van der Waals surface area contributed by atoms with E-state index in [1.165, 1.54) is 20.1 Å². The van der Waals surface area contributed by atoms with E-state index < -0.39 is 24.1 Å². The number of hydrogen-bond donors (Lipinski definition) is 0. The Hall–Kier alpha value is -2.34. The van der Waals surface area contributed by atoms with Gasteiger partial charge >= 0.3 is 11.9 Å². The minimum Gasteiger partial charge on any atom is -0.497 e. The van der Waals surface area contributed by atoms with Crippen LogP contribution in [0.1, 0.15) is 18.6 Å². The molecule has 2 aliphatic heterocycles. The van der Waals surface area contributed by atoms with Crippen LogP contribution in [0.15, 0.2) is 42.2 Å². The summed E-state index contributed by atoms with van der Waals surface area (Å²) in [5.41, 5.74) is 0.983. The molecule has 0 amide bonds. The molecule has 4 atom stereocenters. The van der Waals surface area contributed by atoms with Gasteiger partial charge in [-0.3, -0.25) is 4.79 Å². The van der Waals surface area contributed by atoms with E-state index in [0.717, 1.165) is 5.56 Å².